The first-order valence-corrected chi connectivity index (χ1v) is 8.65. The average Bonchev–Trinajstić information content (AvgIpc) is 3.03. The SMILES string of the molecule is COc1ccc(N[C@H](c2ccccn2)c2c(C)[nH]c3ccccc23)cc1. The average molecular weight is 343 g/mol. The first kappa shape index (κ1) is 16.2. The normalized spacial score (nSPS) is 12.1. The Balaban J connectivity index is 1.81. The third kappa shape index (κ3) is 3.02. The maximum absolute atomic E-state index is 5.26. The molecule has 0 bridgehead atoms. The maximum Gasteiger partial charge on any atom is 0.119 e. The number of H-pyrrole nitrogens is 1. The van der Waals surface area contributed by atoms with Gasteiger partial charge < -0.3 is 15.0 Å². The smallest absolute Gasteiger partial charge is 0.119 e. The van der Waals surface area contributed by atoms with Crippen molar-refractivity contribution in [1.29, 1.82) is 0 Å². The Hall–Kier alpha value is -3.27. The summed E-state index contributed by atoms with van der Waals surface area (Å²) in [5.41, 5.74) is 5.50. The molecule has 0 unspecified atom stereocenters. The number of hydrogen-bond acceptors (Lipinski definition) is 3. The lowest BCUT2D eigenvalue weighted by molar-refractivity contribution is 0.415. The molecule has 0 spiro atoms. The lowest BCUT2D eigenvalue weighted by Gasteiger charge is -2.21. The molecule has 2 heterocycles. The van der Waals surface area contributed by atoms with Crippen molar-refractivity contribution in [3.8, 4) is 5.75 Å². The maximum atomic E-state index is 5.26. The number of ether oxygens (including phenoxy) is 1. The molecule has 0 saturated heterocycles. The molecule has 2 aromatic carbocycles. The highest BCUT2D eigenvalue weighted by atomic mass is 16.5. The van der Waals surface area contributed by atoms with E-state index in [9.17, 15) is 0 Å². The van der Waals surface area contributed by atoms with Crippen molar-refractivity contribution in [2.75, 3.05) is 12.4 Å². The van der Waals surface area contributed by atoms with E-state index >= 15 is 0 Å². The van der Waals surface area contributed by atoms with Crippen molar-refractivity contribution in [1.82, 2.24) is 9.97 Å². The van der Waals surface area contributed by atoms with Crippen molar-refractivity contribution in [2.45, 2.75) is 13.0 Å². The number of aryl methyl sites for hydroxylation is 1. The van der Waals surface area contributed by atoms with Crippen LogP contribution in [0.15, 0.2) is 72.9 Å². The van der Waals surface area contributed by atoms with Gasteiger partial charge in [0.1, 0.15) is 5.75 Å². The van der Waals surface area contributed by atoms with Crippen LogP contribution >= 0.6 is 0 Å². The molecule has 4 heteroatoms. The molecule has 26 heavy (non-hydrogen) atoms. The number of anilines is 1. The minimum Gasteiger partial charge on any atom is -0.497 e. The van der Waals surface area contributed by atoms with Crippen LogP contribution in [-0.4, -0.2) is 17.1 Å². The third-order valence-corrected chi connectivity index (χ3v) is 4.62. The molecule has 0 amide bonds. The molecule has 1 atom stereocenters. The number of para-hydroxylation sites is 1. The zero-order valence-corrected chi connectivity index (χ0v) is 14.9. The second-order valence-electron chi connectivity index (χ2n) is 6.27. The predicted molar refractivity (Wildman–Crippen MR) is 106 cm³/mol. The fourth-order valence-electron chi connectivity index (χ4n) is 3.36. The quantitative estimate of drug-likeness (QED) is 0.531. The predicted octanol–water partition coefficient (Wildman–Crippen LogP) is 5.08. The summed E-state index contributed by atoms with van der Waals surface area (Å²) in [5.74, 6) is 0.841. The summed E-state index contributed by atoms with van der Waals surface area (Å²) < 4.78 is 5.26. The molecule has 2 aromatic heterocycles. The number of hydrogen-bond donors (Lipinski definition) is 2. The van der Waals surface area contributed by atoms with Gasteiger partial charge in [-0.05, 0) is 49.4 Å². The molecule has 0 saturated carbocycles. The lowest BCUT2D eigenvalue weighted by Crippen LogP contribution is -2.14. The summed E-state index contributed by atoms with van der Waals surface area (Å²) in [6.07, 6.45) is 1.84. The van der Waals surface area contributed by atoms with E-state index in [0.29, 0.717) is 0 Å². The Morgan fingerprint density at radius 2 is 1.73 bits per heavy atom. The summed E-state index contributed by atoms with van der Waals surface area (Å²) in [7, 11) is 1.68. The Labute approximate surface area is 152 Å². The van der Waals surface area contributed by atoms with E-state index in [-0.39, 0.29) is 6.04 Å². The molecule has 0 aliphatic heterocycles. The van der Waals surface area contributed by atoms with Crippen molar-refractivity contribution in [3.63, 3.8) is 0 Å². The molecule has 0 radical (unpaired) electrons. The second-order valence-corrected chi connectivity index (χ2v) is 6.27. The molecule has 0 fully saturated rings. The van der Waals surface area contributed by atoms with Gasteiger partial charge in [-0.25, -0.2) is 0 Å². The van der Waals surface area contributed by atoms with Gasteiger partial charge in [0.25, 0.3) is 0 Å². The van der Waals surface area contributed by atoms with Crippen molar-refractivity contribution < 1.29 is 4.74 Å². The van der Waals surface area contributed by atoms with Crippen molar-refractivity contribution in [3.05, 3.63) is 89.9 Å². The molecule has 0 aliphatic rings. The highest BCUT2D eigenvalue weighted by molar-refractivity contribution is 5.86. The largest absolute Gasteiger partial charge is 0.497 e. The number of fused-ring (bicyclic) bond motifs is 1. The summed E-state index contributed by atoms with van der Waals surface area (Å²) in [4.78, 5) is 8.11. The van der Waals surface area contributed by atoms with E-state index in [1.807, 2.05) is 42.6 Å². The number of methoxy groups -OCH3 is 1. The van der Waals surface area contributed by atoms with Gasteiger partial charge in [0.2, 0.25) is 0 Å². The van der Waals surface area contributed by atoms with Gasteiger partial charge in [-0.3, -0.25) is 4.98 Å². The minimum atomic E-state index is -0.0549. The van der Waals surface area contributed by atoms with Crippen LogP contribution < -0.4 is 10.1 Å². The summed E-state index contributed by atoms with van der Waals surface area (Å²) in [6.45, 7) is 2.11. The number of rotatable bonds is 5. The monoisotopic (exact) mass is 343 g/mol. The van der Waals surface area contributed by atoms with Crippen LogP contribution in [0.4, 0.5) is 5.69 Å². The van der Waals surface area contributed by atoms with Gasteiger partial charge in [-0.2, -0.15) is 0 Å². The molecular weight excluding hydrogens is 322 g/mol. The van der Waals surface area contributed by atoms with Crippen LogP contribution in [0.5, 0.6) is 5.75 Å². The topological polar surface area (TPSA) is 49.9 Å². The van der Waals surface area contributed by atoms with Crippen LogP contribution in [0.3, 0.4) is 0 Å². The van der Waals surface area contributed by atoms with Crippen molar-refractivity contribution >= 4 is 16.6 Å². The highest BCUT2D eigenvalue weighted by Gasteiger charge is 2.21. The zero-order chi connectivity index (χ0) is 17.9. The van der Waals surface area contributed by atoms with Crippen LogP contribution in [-0.2, 0) is 0 Å². The second kappa shape index (κ2) is 6.92. The van der Waals surface area contributed by atoms with Gasteiger partial charge in [0.15, 0.2) is 0 Å². The van der Waals surface area contributed by atoms with Gasteiger partial charge in [0.05, 0.1) is 18.8 Å². The Bertz CT molecular complexity index is 1010. The summed E-state index contributed by atoms with van der Waals surface area (Å²) in [5, 5.41) is 4.85. The lowest BCUT2D eigenvalue weighted by atomic mass is 9.99. The zero-order valence-electron chi connectivity index (χ0n) is 14.9. The number of pyridine rings is 1. The molecule has 0 aliphatic carbocycles. The fourth-order valence-corrected chi connectivity index (χ4v) is 3.36. The number of aromatic nitrogens is 2. The minimum absolute atomic E-state index is 0.0549. The molecule has 130 valence electrons. The molecule has 2 N–H and O–H groups in total. The fraction of sp³-hybridized carbons (Fsp3) is 0.136. The Morgan fingerprint density at radius 3 is 2.46 bits per heavy atom. The van der Waals surface area contributed by atoms with E-state index in [2.05, 4.69) is 52.5 Å². The summed E-state index contributed by atoms with van der Waals surface area (Å²) >= 11 is 0. The van der Waals surface area contributed by atoms with Crippen LogP contribution in [0.2, 0.25) is 0 Å². The van der Waals surface area contributed by atoms with Crippen LogP contribution in [0, 0.1) is 6.92 Å². The third-order valence-electron chi connectivity index (χ3n) is 4.62. The van der Waals surface area contributed by atoms with Gasteiger partial charge in [-0.1, -0.05) is 24.3 Å². The summed E-state index contributed by atoms with van der Waals surface area (Å²) in [6, 6.07) is 22.3. The number of nitrogens with one attached hydrogen (secondary N) is 2. The Morgan fingerprint density at radius 1 is 0.962 bits per heavy atom. The van der Waals surface area contributed by atoms with Crippen LogP contribution in [0.25, 0.3) is 10.9 Å². The number of benzene rings is 2. The van der Waals surface area contributed by atoms with Gasteiger partial charge >= 0.3 is 0 Å². The first-order valence-electron chi connectivity index (χ1n) is 8.65. The molecular formula is C22H21N3O. The Kier molecular flexibility index (Phi) is 4.32. The molecule has 4 nitrogen and oxygen atoms in total. The van der Waals surface area contributed by atoms with E-state index in [1.165, 1.54) is 10.9 Å². The van der Waals surface area contributed by atoms with Crippen molar-refractivity contribution in [2.24, 2.45) is 0 Å². The van der Waals surface area contributed by atoms with Gasteiger partial charge in [0, 0.05) is 34.0 Å². The van der Waals surface area contributed by atoms with E-state index < -0.39 is 0 Å². The van der Waals surface area contributed by atoms with Gasteiger partial charge in [-0.15, -0.1) is 0 Å². The molecule has 4 rings (SSSR count). The van der Waals surface area contributed by atoms with Crippen LogP contribution in [0.1, 0.15) is 23.0 Å². The van der Waals surface area contributed by atoms with E-state index in [1.54, 1.807) is 7.11 Å². The van der Waals surface area contributed by atoms with E-state index in [4.69, 9.17) is 4.74 Å². The standard InChI is InChI=1S/C22H21N3O/c1-15-21(18-7-3-4-8-19(18)24-15)22(20-9-5-6-14-23-20)25-16-10-12-17(26-2)13-11-16/h3-14,22,24-25H,1-2H3/t22-/m1/s1. The highest BCUT2D eigenvalue weighted by Crippen LogP contribution is 2.34. The first-order chi connectivity index (χ1) is 12.8. The number of nitrogens with zero attached hydrogens (tertiary/aromatic N) is 1. The number of aromatic amines is 1. The van der Waals surface area contributed by atoms with E-state index in [0.717, 1.165) is 28.3 Å². The molecule has 4 aromatic rings.